The van der Waals surface area contributed by atoms with E-state index in [9.17, 15) is 4.79 Å². The molecule has 0 saturated carbocycles. The summed E-state index contributed by atoms with van der Waals surface area (Å²) in [5, 5.41) is 3.00. The average molecular weight is 272 g/mol. The first-order valence-electron chi connectivity index (χ1n) is 6.97. The molecule has 0 fully saturated rings. The molecule has 0 aliphatic carbocycles. The summed E-state index contributed by atoms with van der Waals surface area (Å²) >= 11 is 0. The molecule has 1 aromatic rings. The van der Waals surface area contributed by atoms with Gasteiger partial charge in [0, 0.05) is 17.7 Å². The Labute approximate surface area is 121 Å². The van der Waals surface area contributed by atoms with E-state index in [2.05, 4.69) is 37.9 Å². The maximum Gasteiger partial charge on any atom is 0.251 e. The highest BCUT2D eigenvalue weighted by atomic mass is 16.1. The van der Waals surface area contributed by atoms with Crippen LogP contribution in [0.25, 0.3) is 0 Å². The molecule has 0 radical (unpaired) electrons. The number of hydrogen-bond donors (Lipinski definition) is 2. The second-order valence-corrected chi connectivity index (χ2v) is 5.74. The number of aryl methyl sites for hydroxylation is 1. The minimum atomic E-state index is -0.0413. The zero-order valence-electron chi connectivity index (χ0n) is 12.8. The van der Waals surface area contributed by atoms with Crippen molar-refractivity contribution in [2.45, 2.75) is 34.1 Å². The SMILES string of the molecule is CCC(C)(C)CNC(=O)c1cc(C#CCN)ccc1C. The van der Waals surface area contributed by atoms with Crippen LogP contribution in [0.3, 0.4) is 0 Å². The Bertz CT molecular complexity index is 536. The number of carbonyl (C=O) groups excluding carboxylic acids is 1. The molecule has 0 aromatic heterocycles. The number of amides is 1. The summed E-state index contributed by atoms with van der Waals surface area (Å²) in [5.41, 5.74) is 7.93. The van der Waals surface area contributed by atoms with E-state index in [1.165, 1.54) is 0 Å². The molecule has 0 aliphatic heterocycles. The molecule has 0 atom stereocenters. The first kappa shape index (κ1) is 16.3. The van der Waals surface area contributed by atoms with Crippen molar-refractivity contribution in [3.05, 3.63) is 34.9 Å². The van der Waals surface area contributed by atoms with Crippen molar-refractivity contribution < 1.29 is 4.79 Å². The van der Waals surface area contributed by atoms with Crippen LogP contribution >= 0.6 is 0 Å². The van der Waals surface area contributed by atoms with Gasteiger partial charge in [0.2, 0.25) is 0 Å². The lowest BCUT2D eigenvalue weighted by Crippen LogP contribution is -2.34. The highest BCUT2D eigenvalue weighted by Crippen LogP contribution is 2.18. The predicted molar refractivity (Wildman–Crippen MR) is 83.5 cm³/mol. The van der Waals surface area contributed by atoms with Crippen molar-refractivity contribution in [3.8, 4) is 11.8 Å². The van der Waals surface area contributed by atoms with Gasteiger partial charge in [0.25, 0.3) is 5.91 Å². The summed E-state index contributed by atoms with van der Waals surface area (Å²) in [6.07, 6.45) is 1.02. The van der Waals surface area contributed by atoms with Crippen molar-refractivity contribution in [2.75, 3.05) is 13.1 Å². The van der Waals surface area contributed by atoms with Gasteiger partial charge in [-0.25, -0.2) is 0 Å². The minimum Gasteiger partial charge on any atom is -0.351 e. The second kappa shape index (κ2) is 7.12. The Hall–Kier alpha value is -1.79. The van der Waals surface area contributed by atoms with Crippen molar-refractivity contribution in [1.82, 2.24) is 5.32 Å². The van der Waals surface area contributed by atoms with E-state index in [0.717, 1.165) is 17.5 Å². The first-order chi connectivity index (χ1) is 9.39. The number of hydrogen-bond acceptors (Lipinski definition) is 2. The summed E-state index contributed by atoms with van der Waals surface area (Å²) < 4.78 is 0. The molecule has 3 heteroatoms. The summed E-state index contributed by atoms with van der Waals surface area (Å²) in [5.74, 6) is 5.72. The quantitative estimate of drug-likeness (QED) is 0.827. The van der Waals surface area contributed by atoms with Crippen LogP contribution in [0.4, 0.5) is 0 Å². The van der Waals surface area contributed by atoms with Crippen molar-refractivity contribution in [2.24, 2.45) is 11.1 Å². The lowest BCUT2D eigenvalue weighted by molar-refractivity contribution is 0.0935. The molecule has 0 unspecified atom stereocenters. The Balaban J connectivity index is 2.87. The fraction of sp³-hybridized carbons (Fsp3) is 0.471. The van der Waals surface area contributed by atoms with Crippen LogP contribution in [0, 0.1) is 24.2 Å². The number of rotatable bonds is 4. The normalized spacial score (nSPS) is 10.7. The van der Waals surface area contributed by atoms with Crippen molar-refractivity contribution in [1.29, 1.82) is 0 Å². The Morgan fingerprint density at radius 1 is 1.40 bits per heavy atom. The van der Waals surface area contributed by atoms with Crippen LogP contribution in [0.2, 0.25) is 0 Å². The van der Waals surface area contributed by atoms with Crippen molar-refractivity contribution in [3.63, 3.8) is 0 Å². The minimum absolute atomic E-state index is 0.0413. The van der Waals surface area contributed by atoms with Gasteiger partial charge >= 0.3 is 0 Å². The molecular formula is C17H24N2O. The molecule has 0 saturated heterocycles. The van der Waals surface area contributed by atoms with E-state index in [4.69, 9.17) is 5.73 Å². The molecule has 0 heterocycles. The summed E-state index contributed by atoms with van der Waals surface area (Å²) in [4.78, 5) is 12.3. The molecule has 0 spiro atoms. The van der Waals surface area contributed by atoms with Gasteiger partial charge in [-0.05, 0) is 36.5 Å². The first-order valence-corrected chi connectivity index (χ1v) is 6.97. The van der Waals surface area contributed by atoms with E-state index in [0.29, 0.717) is 18.7 Å². The topological polar surface area (TPSA) is 55.1 Å². The molecule has 20 heavy (non-hydrogen) atoms. The molecule has 3 N–H and O–H groups in total. The number of benzene rings is 1. The third kappa shape index (κ3) is 4.71. The fourth-order valence-corrected chi connectivity index (χ4v) is 1.64. The maximum atomic E-state index is 12.3. The van der Waals surface area contributed by atoms with Gasteiger partial charge in [-0.15, -0.1) is 0 Å². The van der Waals surface area contributed by atoms with Gasteiger partial charge in [-0.3, -0.25) is 4.79 Å². The molecule has 0 bridgehead atoms. The molecule has 0 aliphatic rings. The van der Waals surface area contributed by atoms with Gasteiger partial charge in [-0.1, -0.05) is 38.7 Å². The average Bonchev–Trinajstić information content (AvgIpc) is 2.44. The van der Waals surface area contributed by atoms with Gasteiger partial charge < -0.3 is 11.1 Å². The Kier molecular flexibility index (Phi) is 5.79. The summed E-state index contributed by atoms with van der Waals surface area (Å²) in [6, 6.07) is 5.65. The van der Waals surface area contributed by atoms with Crippen LogP contribution in [-0.4, -0.2) is 19.0 Å². The van der Waals surface area contributed by atoms with E-state index < -0.39 is 0 Å². The third-order valence-corrected chi connectivity index (χ3v) is 3.50. The Morgan fingerprint density at radius 3 is 2.70 bits per heavy atom. The fourth-order valence-electron chi connectivity index (χ4n) is 1.64. The zero-order valence-corrected chi connectivity index (χ0v) is 12.8. The van der Waals surface area contributed by atoms with Gasteiger partial charge in [0.15, 0.2) is 0 Å². The van der Waals surface area contributed by atoms with Gasteiger partial charge in [0.05, 0.1) is 6.54 Å². The number of nitrogens with two attached hydrogens (primary N) is 1. The third-order valence-electron chi connectivity index (χ3n) is 3.50. The van der Waals surface area contributed by atoms with Crippen LogP contribution in [0.1, 0.15) is 48.7 Å². The van der Waals surface area contributed by atoms with E-state index in [-0.39, 0.29) is 11.3 Å². The largest absolute Gasteiger partial charge is 0.351 e. The molecule has 108 valence electrons. The molecule has 1 rings (SSSR count). The highest BCUT2D eigenvalue weighted by Gasteiger charge is 2.17. The number of carbonyl (C=O) groups is 1. The van der Waals surface area contributed by atoms with Crippen LogP contribution < -0.4 is 11.1 Å². The van der Waals surface area contributed by atoms with Gasteiger partial charge in [-0.2, -0.15) is 0 Å². The smallest absolute Gasteiger partial charge is 0.251 e. The summed E-state index contributed by atoms with van der Waals surface area (Å²) in [7, 11) is 0. The Morgan fingerprint density at radius 2 is 2.10 bits per heavy atom. The molecule has 1 aromatic carbocycles. The predicted octanol–water partition coefficient (Wildman–Crippen LogP) is 2.47. The van der Waals surface area contributed by atoms with Crippen molar-refractivity contribution >= 4 is 5.91 Å². The number of nitrogens with one attached hydrogen (secondary N) is 1. The zero-order chi connectivity index (χ0) is 15.2. The molecule has 3 nitrogen and oxygen atoms in total. The lowest BCUT2D eigenvalue weighted by atomic mass is 9.90. The van der Waals surface area contributed by atoms with E-state index >= 15 is 0 Å². The van der Waals surface area contributed by atoms with E-state index in [1.54, 1.807) is 0 Å². The second-order valence-electron chi connectivity index (χ2n) is 5.74. The lowest BCUT2D eigenvalue weighted by Gasteiger charge is -2.23. The molecular weight excluding hydrogens is 248 g/mol. The van der Waals surface area contributed by atoms with E-state index in [1.807, 2.05) is 25.1 Å². The monoisotopic (exact) mass is 272 g/mol. The van der Waals surface area contributed by atoms with Crippen LogP contribution in [0.15, 0.2) is 18.2 Å². The highest BCUT2D eigenvalue weighted by molar-refractivity contribution is 5.96. The molecule has 1 amide bonds. The van der Waals surface area contributed by atoms with Crippen LogP contribution in [-0.2, 0) is 0 Å². The standard InChI is InChI=1S/C17H24N2O/c1-5-17(3,4)12-19-16(20)15-11-14(7-6-10-18)9-8-13(15)2/h8-9,11H,5,10,12,18H2,1-4H3,(H,19,20). The van der Waals surface area contributed by atoms with Crippen LogP contribution in [0.5, 0.6) is 0 Å². The summed E-state index contributed by atoms with van der Waals surface area (Å²) in [6.45, 7) is 9.33. The maximum absolute atomic E-state index is 12.3. The van der Waals surface area contributed by atoms with Gasteiger partial charge in [0.1, 0.15) is 0 Å².